The second-order valence-electron chi connectivity index (χ2n) is 4.60. The highest BCUT2D eigenvalue weighted by Crippen LogP contribution is 2.14. The molecule has 0 fully saturated rings. The largest absolute Gasteiger partial charge is 0.383 e. The van der Waals surface area contributed by atoms with E-state index in [2.05, 4.69) is 57.3 Å². The minimum Gasteiger partial charge on any atom is -0.383 e. The quantitative estimate of drug-likeness (QED) is 0.765. The van der Waals surface area contributed by atoms with Crippen LogP contribution in [0.25, 0.3) is 0 Å². The normalized spacial score (nSPS) is 11.0. The molecule has 0 aromatic heterocycles. The third-order valence-corrected chi connectivity index (χ3v) is 2.03. The van der Waals surface area contributed by atoms with Crippen molar-refractivity contribution in [2.45, 2.75) is 40.2 Å². The first-order valence-corrected chi connectivity index (χ1v) is 5.43. The van der Waals surface area contributed by atoms with Crippen molar-refractivity contribution in [3.8, 4) is 0 Å². The molecule has 1 rings (SSSR count). The Bertz CT molecular complexity index is 251. The van der Waals surface area contributed by atoms with Gasteiger partial charge in [-0.2, -0.15) is 0 Å². The highest BCUT2D eigenvalue weighted by Gasteiger charge is 1.99. The summed E-state index contributed by atoms with van der Waals surface area (Å²) in [5.74, 6) is 0.726. The molecule has 1 nitrogen and oxygen atoms in total. The van der Waals surface area contributed by atoms with Crippen LogP contribution in [0.3, 0.4) is 0 Å². The third kappa shape index (κ3) is 3.82. The number of rotatable bonds is 4. The number of hydrogen-bond donors (Lipinski definition) is 1. The zero-order valence-electron chi connectivity index (χ0n) is 9.67. The molecule has 0 saturated carbocycles. The Morgan fingerprint density at radius 3 is 2.43 bits per heavy atom. The zero-order chi connectivity index (χ0) is 10.6. The van der Waals surface area contributed by atoms with Crippen LogP contribution in [0.15, 0.2) is 24.3 Å². The lowest BCUT2D eigenvalue weighted by atomic mass is 10.0. The Morgan fingerprint density at radius 2 is 1.86 bits per heavy atom. The first kappa shape index (κ1) is 11.1. The standard InChI is InChI=1S/C13H21N/c1-10(2)8-12-6-5-7-13(9-12)14-11(3)4/h5-7,9-11,14H,8H2,1-4H3. The van der Waals surface area contributed by atoms with Crippen LogP contribution >= 0.6 is 0 Å². The van der Waals surface area contributed by atoms with Crippen molar-refractivity contribution in [2.75, 3.05) is 5.32 Å². The van der Waals surface area contributed by atoms with Gasteiger partial charge in [0.2, 0.25) is 0 Å². The van der Waals surface area contributed by atoms with Crippen LogP contribution in [0, 0.1) is 5.92 Å². The lowest BCUT2D eigenvalue weighted by Crippen LogP contribution is -2.09. The highest BCUT2D eigenvalue weighted by atomic mass is 14.9. The van der Waals surface area contributed by atoms with Crippen molar-refractivity contribution in [1.29, 1.82) is 0 Å². The fourth-order valence-corrected chi connectivity index (χ4v) is 1.59. The monoisotopic (exact) mass is 191 g/mol. The number of benzene rings is 1. The van der Waals surface area contributed by atoms with Crippen LogP contribution in [-0.2, 0) is 6.42 Å². The van der Waals surface area contributed by atoms with Gasteiger partial charge in [0.15, 0.2) is 0 Å². The summed E-state index contributed by atoms with van der Waals surface area (Å²) in [5, 5.41) is 3.42. The van der Waals surface area contributed by atoms with Gasteiger partial charge < -0.3 is 5.32 Å². The van der Waals surface area contributed by atoms with Crippen LogP contribution < -0.4 is 5.32 Å². The summed E-state index contributed by atoms with van der Waals surface area (Å²) >= 11 is 0. The first-order valence-electron chi connectivity index (χ1n) is 5.43. The molecule has 0 radical (unpaired) electrons. The molecule has 0 spiro atoms. The Hall–Kier alpha value is -0.980. The summed E-state index contributed by atoms with van der Waals surface area (Å²) < 4.78 is 0. The van der Waals surface area contributed by atoms with Crippen LogP contribution in [0.5, 0.6) is 0 Å². The summed E-state index contributed by atoms with van der Waals surface area (Å²) in [5.41, 5.74) is 2.66. The van der Waals surface area contributed by atoms with Crippen LogP contribution in [0.2, 0.25) is 0 Å². The first-order chi connectivity index (χ1) is 6.58. The fourth-order valence-electron chi connectivity index (χ4n) is 1.59. The molecule has 1 N–H and O–H groups in total. The molecule has 0 saturated heterocycles. The zero-order valence-corrected chi connectivity index (χ0v) is 9.67. The third-order valence-electron chi connectivity index (χ3n) is 2.03. The molecular weight excluding hydrogens is 170 g/mol. The van der Waals surface area contributed by atoms with E-state index in [0.29, 0.717) is 6.04 Å². The number of hydrogen-bond acceptors (Lipinski definition) is 1. The van der Waals surface area contributed by atoms with E-state index in [0.717, 1.165) is 12.3 Å². The maximum atomic E-state index is 3.42. The van der Waals surface area contributed by atoms with Crippen molar-refractivity contribution in [3.05, 3.63) is 29.8 Å². The van der Waals surface area contributed by atoms with Crippen LogP contribution in [-0.4, -0.2) is 6.04 Å². The molecule has 1 aromatic carbocycles. The van der Waals surface area contributed by atoms with Crippen molar-refractivity contribution >= 4 is 5.69 Å². The van der Waals surface area contributed by atoms with E-state index in [1.807, 2.05) is 0 Å². The average molecular weight is 191 g/mol. The van der Waals surface area contributed by atoms with E-state index in [1.165, 1.54) is 11.3 Å². The molecule has 0 aliphatic heterocycles. The lowest BCUT2D eigenvalue weighted by molar-refractivity contribution is 0.647. The molecule has 0 atom stereocenters. The van der Waals surface area contributed by atoms with E-state index in [-0.39, 0.29) is 0 Å². The van der Waals surface area contributed by atoms with Gasteiger partial charge in [-0.1, -0.05) is 26.0 Å². The van der Waals surface area contributed by atoms with Gasteiger partial charge in [-0.3, -0.25) is 0 Å². The molecule has 0 bridgehead atoms. The van der Waals surface area contributed by atoms with Gasteiger partial charge in [-0.15, -0.1) is 0 Å². The minimum absolute atomic E-state index is 0.504. The number of nitrogens with one attached hydrogen (secondary N) is 1. The summed E-state index contributed by atoms with van der Waals surface area (Å²) in [6.45, 7) is 8.83. The molecule has 0 unspecified atom stereocenters. The smallest absolute Gasteiger partial charge is 0.0344 e. The Kier molecular flexibility index (Phi) is 3.99. The number of anilines is 1. The van der Waals surface area contributed by atoms with Gasteiger partial charge in [0.05, 0.1) is 0 Å². The van der Waals surface area contributed by atoms with Crippen molar-refractivity contribution in [1.82, 2.24) is 0 Å². The van der Waals surface area contributed by atoms with E-state index >= 15 is 0 Å². The van der Waals surface area contributed by atoms with E-state index in [9.17, 15) is 0 Å². The summed E-state index contributed by atoms with van der Waals surface area (Å²) in [4.78, 5) is 0. The molecule has 0 heterocycles. The summed E-state index contributed by atoms with van der Waals surface area (Å²) in [6.07, 6.45) is 1.16. The predicted octanol–water partition coefficient (Wildman–Crippen LogP) is 3.71. The molecule has 1 heteroatoms. The molecular formula is C13H21N. The SMILES string of the molecule is CC(C)Cc1cccc(NC(C)C)c1. The topological polar surface area (TPSA) is 12.0 Å². The molecule has 1 aromatic rings. The molecule has 0 aliphatic rings. The fraction of sp³-hybridized carbons (Fsp3) is 0.538. The Labute approximate surface area is 87.5 Å². The predicted molar refractivity (Wildman–Crippen MR) is 63.7 cm³/mol. The minimum atomic E-state index is 0.504. The van der Waals surface area contributed by atoms with Gasteiger partial charge in [-0.25, -0.2) is 0 Å². The van der Waals surface area contributed by atoms with E-state index < -0.39 is 0 Å². The Morgan fingerprint density at radius 1 is 1.14 bits per heavy atom. The van der Waals surface area contributed by atoms with Gasteiger partial charge >= 0.3 is 0 Å². The lowest BCUT2D eigenvalue weighted by Gasteiger charge is -2.12. The van der Waals surface area contributed by atoms with Gasteiger partial charge in [-0.05, 0) is 43.9 Å². The van der Waals surface area contributed by atoms with Crippen molar-refractivity contribution in [3.63, 3.8) is 0 Å². The van der Waals surface area contributed by atoms with Gasteiger partial charge in [0.25, 0.3) is 0 Å². The molecule has 14 heavy (non-hydrogen) atoms. The van der Waals surface area contributed by atoms with Crippen molar-refractivity contribution in [2.24, 2.45) is 5.92 Å². The Balaban J connectivity index is 2.68. The van der Waals surface area contributed by atoms with E-state index in [1.54, 1.807) is 0 Å². The average Bonchev–Trinajstić information content (AvgIpc) is 2.01. The van der Waals surface area contributed by atoms with Crippen LogP contribution in [0.4, 0.5) is 5.69 Å². The molecule has 0 aliphatic carbocycles. The summed E-state index contributed by atoms with van der Waals surface area (Å²) in [7, 11) is 0. The second kappa shape index (κ2) is 5.04. The van der Waals surface area contributed by atoms with Gasteiger partial charge in [0.1, 0.15) is 0 Å². The van der Waals surface area contributed by atoms with E-state index in [4.69, 9.17) is 0 Å². The maximum Gasteiger partial charge on any atom is 0.0344 e. The summed E-state index contributed by atoms with van der Waals surface area (Å²) in [6, 6.07) is 9.21. The maximum absolute atomic E-state index is 3.42. The highest BCUT2D eigenvalue weighted by molar-refractivity contribution is 5.46. The second-order valence-corrected chi connectivity index (χ2v) is 4.60. The van der Waals surface area contributed by atoms with Crippen LogP contribution in [0.1, 0.15) is 33.3 Å². The van der Waals surface area contributed by atoms with Crippen molar-refractivity contribution < 1.29 is 0 Å². The molecule has 78 valence electrons. The molecule has 0 amide bonds. The van der Waals surface area contributed by atoms with Gasteiger partial charge in [0, 0.05) is 11.7 Å².